The molecule has 1 unspecified atom stereocenters. The van der Waals surface area contributed by atoms with Gasteiger partial charge >= 0.3 is 0 Å². The van der Waals surface area contributed by atoms with Crippen LogP contribution >= 0.6 is 11.8 Å². The Hall–Kier alpha value is -0.970. The van der Waals surface area contributed by atoms with Gasteiger partial charge in [-0.15, -0.1) is 11.8 Å². The summed E-state index contributed by atoms with van der Waals surface area (Å²) in [6, 6.07) is 0. The Kier molecular flexibility index (Phi) is 4.68. The molecule has 0 aliphatic heterocycles. The Bertz CT molecular complexity index is 320. The van der Waals surface area contributed by atoms with Crippen LogP contribution in [0.15, 0.2) is 11.4 Å². The van der Waals surface area contributed by atoms with Crippen molar-refractivity contribution in [3.8, 4) is 5.88 Å². The minimum absolute atomic E-state index is 0.485. The van der Waals surface area contributed by atoms with Crippen LogP contribution in [0.3, 0.4) is 0 Å². The van der Waals surface area contributed by atoms with Crippen LogP contribution in [0.2, 0.25) is 0 Å². The summed E-state index contributed by atoms with van der Waals surface area (Å²) in [5.74, 6) is 0.485. The third-order valence-electron chi connectivity index (χ3n) is 1.98. The van der Waals surface area contributed by atoms with Gasteiger partial charge in [0.25, 0.3) is 0 Å². The van der Waals surface area contributed by atoms with Crippen molar-refractivity contribution in [3.05, 3.63) is 6.33 Å². The molecule has 0 amide bonds. The molecule has 2 N–H and O–H groups in total. The van der Waals surface area contributed by atoms with E-state index in [1.807, 2.05) is 6.92 Å². The quantitative estimate of drug-likeness (QED) is 0.618. The summed E-state index contributed by atoms with van der Waals surface area (Å²) in [6.07, 6.45) is 2.57. The summed E-state index contributed by atoms with van der Waals surface area (Å²) in [4.78, 5) is 8.15. The van der Waals surface area contributed by atoms with E-state index in [1.54, 1.807) is 11.8 Å². The van der Waals surface area contributed by atoms with E-state index in [1.165, 1.54) is 6.33 Å². The van der Waals surface area contributed by atoms with Crippen LogP contribution in [0, 0.1) is 0 Å². The second-order valence-electron chi connectivity index (χ2n) is 3.17. The number of rotatable bonds is 5. The summed E-state index contributed by atoms with van der Waals surface area (Å²) < 4.78 is 5.30. The van der Waals surface area contributed by atoms with Crippen LogP contribution in [-0.2, 0) is 0 Å². The largest absolute Gasteiger partial charge is 0.476 e. The summed E-state index contributed by atoms with van der Waals surface area (Å²) in [7, 11) is 0. The maximum Gasteiger partial charge on any atom is 0.241 e. The first kappa shape index (κ1) is 12.1. The molecular formula is C10H17N3OS. The molecule has 1 aromatic heterocycles. The van der Waals surface area contributed by atoms with E-state index in [2.05, 4.69) is 23.8 Å². The molecule has 0 aromatic carbocycles. The minimum Gasteiger partial charge on any atom is -0.476 e. The van der Waals surface area contributed by atoms with Crippen molar-refractivity contribution in [2.75, 3.05) is 12.3 Å². The van der Waals surface area contributed by atoms with Crippen LogP contribution in [0.4, 0.5) is 5.69 Å². The monoisotopic (exact) mass is 227 g/mol. The maximum absolute atomic E-state index is 5.90. The van der Waals surface area contributed by atoms with E-state index in [9.17, 15) is 0 Å². The van der Waals surface area contributed by atoms with E-state index in [0.29, 0.717) is 23.4 Å². The number of ether oxygens (including phenoxy) is 1. The number of nitrogen functional groups attached to an aromatic ring is 1. The number of thioether (sulfide) groups is 1. The molecule has 0 radical (unpaired) electrons. The van der Waals surface area contributed by atoms with Gasteiger partial charge in [-0.2, -0.15) is 4.98 Å². The highest BCUT2D eigenvalue weighted by atomic mass is 32.2. The van der Waals surface area contributed by atoms with Gasteiger partial charge in [-0.3, -0.25) is 0 Å². The fourth-order valence-electron chi connectivity index (χ4n) is 0.984. The molecule has 84 valence electrons. The number of hydrogen-bond donors (Lipinski definition) is 1. The molecule has 0 aliphatic rings. The van der Waals surface area contributed by atoms with Gasteiger partial charge in [-0.05, 0) is 13.3 Å². The molecule has 0 saturated carbocycles. The highest BCUT2D eigenvalue weighted by molar-refractivity contribution is 8.00. The summed E-state index contributed by atoms with van der Waals surface area (Å²) in [5.41, 5.74) is 6.45. The molecule has 0 spiro atoms. The van der Waals surface area contributed by atoms with Crippen molar-refractivity contribution >= 4 is 17.4 Å². The third kappa shape index (κ3) is 3.27. The molecule has 0 bridgehead atoms. The zero-order valence-electron chi connectivity index (χ0n) is 9.36. The third-order valence-corrected chi connectivity index (χ3v) is 3.26. The Balaban J connectivity index is 2.84. The van der Waals surface area contributed by atoms with Gasteiger partial charge < -0.3 is 10.5 Å². The number of aromatic nitrogens is 2. The molecule has 5 heteroatoms. The number of hydrogen-bond acceptors (Lipinski definition) is 5. The van der Waals surface area contributed by atoms with Gasteiger partial charge in [-0.25, -0.2) is 4.98 Å². The average molecular weight is 227 g/mol. The normalized spacial score (nSPS) is 12.5. The van der Waals surface area contributed by atoms with Gasteiger partial charge in [0.2, 0.25) is 5.88 Å². The Morgan fingerprint density at radius 3 is 2.80 bits per heavy atom. The predicted molar refractivity (Wildman–Crippen MR) is 63.2 cm³/mol. The van der Waals surface area contributed by atoms with Gasteiger partial charge in [0.05, 0.1) is 6.61 Å². The Morgan fingerprint density at radius 1 is 1.47 bits per heavy atom. The van der Waals surface area contributed by atoms with Crippen molar-refractivity contribution in [1.82, 2.24) is 9.97 Å². The van der Waals surface area contributed by atoms with E-state index in [4.69, 9.17) is 10.5 Å². The van der Waals surface area contributed by atoms with Crippen LogP contribution in [0.1, 0.15) is 27.2 Å². The first-order chi connectivity index (χ1) is 7.19. The lowest BCUT2D eigenvalue weighted by molar-refractivity contribution is 0.327. The van der Waals surface area contributed by atoms with Crippen LogP contribution < -0.4 is 10.5 Å². The highest BCUT2D eigenvalue weighted by Crippen LogP contribution is 2.32. The number of anilines is 1. The lowest BCUT2D eigenvalue weighted by Gasteiger charge is -2.11. The summed E-state index contributed by atoms with van der Waals surface area (Å²) in [5, 5.41) is 1.31. The van der Waals surface area contributed by atoms with E-state index < -0.39 is 0 Å². The average Bonchev–Trinajstić information content (AvgIpc) is 2.24. The summed E-state index contributed by atoms with van der Waals surface area (Å²) >= 11 is 1.65. The zero-order valence-corrected chi connectivity index (χ0v) is 10.2. The van der Waals surface area contributed by atoms with Gasteiger partial charge in [-0.1, -0.05) is 13.8 Å². The first-order valence-corrected chi connectivity index (χ1v) is 5.96. The second kappa shape index (κ2) is 5.80. The van der Waals surface area contributed by atoms with Gasteiger partial charge in [0, 0.05) is 5.25 Å². The lowest BCUT2D eigenvalue weighted by Crippen LogP contribution is -2.04. The molecule has 1 atom stereocenters. The van der Waals surface area contributed by atoms with Crippen molar-refractivity contribution in [2.24, 2.45) is 0 Å². The maximum atomic E-state index is 5.90. The minimum atomic E-state index is 0.485. The van der Waals surface area contributed by atoms with E-state index in [0.717, 1.165) is 11.4 Å². The Labute approximate surface area is 94.6 Å². The first-order valence-electron chi connectivity index (χ1n) is 5.08. The predicted octanol–water partition coefficient (Wildman–Crippen LogP) is 2.35. The smallest absolute Gasteiger partial charge is 0.241 e. The fourth-order valence-corrected chi connectivity index (χ4v) is 1.85. The van der Waals surface area contributed by atoms with Crippen LogP contribution in [0.25, 0.3) is 0 Å². The molecule has 0 saturated heterocycles. The number of nitrogens with zero attached hydrogens (tertiary/aromatic N) is 2. The van der Waals surface area contributed by atoms with Crippen molar-refractivity contribution in [3.63, 3.8) is 0 Å². The number of nitrogens with two attached hydrogens (primary N) is 1. The molecule has 1 rings (SSSR count). The topological polar surface area (TPSA) is 61.0 Å². The molecule has 0 aliphatic carbocycles. The fraction of sp³-hybridized carbons (Fsp3) is 0.600. The molecular weight excluding hydrogens is 210 g/mol. The van der Waals surface area contributed by atoms with Gasteiger partial charge in [0.1, 0.15) is 17.0 Å². The SMILES string of the molecule is CCOc1ncnc(SC(C)CC)c1N. The zero-order chi connectivity index (χ0) is 11.3. The Morgan fingerprint density at radius 2 is 2.20 bits per heavy atom. The second-order valence-corrected chi connectivity index (χ2v) is 4.59. The van der Waals surface area contributed by atoms with Gasteiger partial charge in [0.15, 0.2) is 0 Å². The molecule has 1 aromatic rings. The molecule has 15 heavy (non-hydrogen) atoms. The van der Waals surface area contributed by atoms with Crippen molar-refractivity contribution < 1.29 is 4.74 Å². The van der Waals surface area contributed by atoms with E-state index in [-0.39, 0.29) is 0 Å². The standard InChI is InChI=1S/C10H17N3OS/c1-4-7(3)15-10-8(11)9(14-5-2)12-6-13-10/h6-7H,4-5,11H2,1-3H3. The van der Waals surface area contributed by atoms with Crippen molar-refractivity contribution in [2.45, 2.75) is 37.5 Å². The van der Waals surface area contributed by atoms with Crippen molar-refractivity contribution in [1.29, 1.82) is 0 Å². The van der Waals surface area contributed by atoms with Crippen LogP contribution in [0.5, 0.6) is 5.88 Å². The molecule has 4 nitrogen and oxygen atoms in total. The van der Waals surface area contributed by atoms with Crippen LogP contribution in [-0.4, -0.2) is 21.8 Å². The summed E-state index contributed by atoms with van der Waals surface area (Å²) in [6.45, 7) is 6.75. The van der Waals surface area contributed by atoms with E-state index >= 15 is 0 Å². The highest BCUT2D eigenvalue weighted by Gasteiger charge is 2.11. The lowest BCUT2D eigenvalue weighted by atomic mass is 10.4. The molecule has 0 fully saturated rings. The molecule has 1 heterocycles.